The molecule has 0 radical (unpaired) electrons. The Kier molecular flexibility index (Phi) is 1.75. The summed E-state index contributed by atoms with van der Waals surface area (Å²) in [6.07, 6.45) is 2.02. The number of aryl methyl sites for hydroxylation is 1. The fourth-order valence-corrected chi connectivity index (χ4v) is 1.78. The molecule has 0 aliphatic heterocycles. The van der Waals surface area contributed by atoms with Crippen molar-refractivity contribution >= 4 is 0 Å². The van der Waals surface area contributed by atoms with E-state index in [-0.39, 0.29) is 6.04 Å². The lowest BCUT2D eigenvalue weighted by atomic mass is 10.1. The van der Waals surface area contributed by atoms with Gasteiger partial charge in [0.25, 0.3) is 0 Å². The molecule has 0 spiro atoms. The fraction of sp³-hybridized carbons (Fsp3) is 0.333. The predicted molar refractivity (Wildman–Crippen MR) is 46.5 cm³/mol. The van der Waals surface area contributed by atoms with E-state index in [9.17, 15) is 5.11 Å². The van der Waals surface area contributed by atoms with Gasteiger partial charge in [-0.2, -0.15) is 0 Å². The Morgan fingerprint density at radius 3 is 3.08 bits per heavy atom. The lowest BCUT2D eigenvalue weighted by molar-refractivity contribution is 0.474. The van der Waals surface area contributed by atoms with Gasteiger partial charge in [0.2, 0.25) is 0 Å². The quantitative estimate of drug-likeness (QED) is 0.426. The van der Waals surface area contributed by atoms with Crippen LogP contribution in [0.3, 0.4) is 0 Å². The number of fused-ring (bicyclic) bond motifs is 1. The number of hydrogen-bond acceptors (Lipinski definition) is 3. The zero-order chi connectivity index (χ0) is 8.55. The number of aromatic hydroxyl groups is 1. The van der Waals surface area contributed by atoms with Gasteiger partial charge in [-0.15, -0.1) is 0 Å². The molecule has 1 aliphatic carbocycles. The van der Waals surface area contributed by atoms with Crippen LogP contribution < -0.4 is 11.3 Å². The fourth-order valence-electron chi connectivity index (χ4n) is 1.78. The third-order valence-corrected chi connectivity index (χ3v) is 2.41. The van der Waals surface area contributed by atoms with Crippen molar-refractivity contribution in [2.75, 3.05) is 0 Å². The maximum absolute atomic E-state index is 9.20. The molecule has 4 N–H and O–H groups in total. The number of benzene rings is 1. The van der Waals surface area contributed by atoms with Crippen molar-refractivity contribution in [3.05, 3.63) is 29.3 Å². The maximum Gasteiger partial charge on any atom is 0.115 e. The molecule has 0 fully saturated rings. The molecule has 3 nitrogen and oxygen atoms in total. The molecule has 0 bridgehead atoms. The van der Waals surface area contributed by atoms with Crippen molar-refractivity contribution in [1.82, 2.24) is 5.43 Å². The van der Waals surface area contributed by atoms with E-state index in [1.165, 1.54) is 11.1 Å². The molecule has 1 aliphatic rings. The summed E-state index contributed by atoms with van der Waals surface area (Å²) in [5.74, 6) is 5.71. The van der Waals surface area contributed by atoms with Gasteiger partial charge in [0, 0.05) is 6.04 Å². The number of hydrazine groups is 1. The van der Waals surface area contributed by atoms with Crippen LogP contribution in [-0.4, -0.2) is 5.11 Å². The van der Waals surface area contributed by atoms with E-state index in [1.54, 1.807) is 6.07 Å². The predicted octanol–water partition coefficient (Wildman–Crippen LogP) is 0.843. The van der Waals surface area contributed by atoms with E-state index < -0.39 is 0 Å². The monoisotopic (exact) mass is 164 g/mol. The highest BCUT2D eigenvalue weighted by molar-refractivity contribution is 5.39. The molecule has 0 heterocycles. The Morgan fingerprint density at radius 1 is 1.50 bits per heavy atom. The number of rotatable bonds is 1. The molecule has 0 unspecified atom stereocenters. The van der Waals surface area contributed by atoms with Crippen LogP contribution in [0, 0.1) is 0 Å². The summed E-state index contributed by atoms with van der Waals surface area (Å²) < 4.78 is 0. The SMILES string of the molecule is NN[C@H]1CCc2cc(O)ccc21. The van der Waals surface area contributed by atoms with E-state index >= 15 is 0 Å². The third kappa shape index (κ3) is 1.07. The zero-order valence-electron chi connectivity index (χ0n) is 6.75. The van der Waals surface area contributed by atoms with E-state index in [0.29, 0.717) is 5.75 Å². The first kappa shape index (κ1) is 7.58. The first-order valence-electron chi connectivity index (χ1n) is 4.09. The van der Waals surface area contributed by atoms with Crippen LogP contribution >= 0.6 is 0 Å². The topological polar surface area (TPSA) is 58.3 Å². The second-order valence-corrected chi connectivity index (χ2v) is 3.14. The van der Waals surface area contributed by atoms with E-state index in [0.717, 1.165) is 12.8 Å². The molecule has 1 aromatic rings. The van der Waals surface area contributed by atoms with Gasteiger partial charge < -0.3 is 5.11 Å². The first-order valence-corrected chi connectivity index (χ1v) is 4.09. The Morgan fingerprint density at radius 2 is 2.33 bits per heavy atom. The first-order chi connectivity index (χ1) is 5.81. The van der Waals surface area contributed by atoms with Crippen molar-refractivity contribution in [3.8, 4) is 5.75 Å². The lowest BCUT2D eigenvalue weighted by Crippen LogP contribution is -2.26. The summed E-state index contributed by atoms with van der Waals surface area (Å²) >= 11 is 0. The van der Waals surface area contributed by atoms with Gasteiger partial charge in [-0.25, -0.2) is 0 Å². The minimum absolute atomic E-state index is 0.264. The molecule has 64 valence electrons. The Labute approximate surface area is 71.2 Å². The number of nitrogens with two attached hydrogens (primary N) is 1. The minimum Gasteiger partial charge on any atom is -0.508 e. The van der Waals surface area contributed by atoms with Gasteiger partial charge in [0.1, 0.15) is 5.75 Å². The molecule has 3 heteroatoms. The second kappa shape index (κ2) is 2.77. The van der Waals surface area contributed by atoms with E-state index in [4.69, 9.17) is 5.84 Å². The summed E-state index contributed by atoms with van der Waals surface area (Å²) in [5.41, 5.74) is 5.18. The molecule has 0 saturated carbocycles. The Bertz CT molecular complexity index is 299. The minimum atomic E-state index is 0.264. The third-order valence-electron chi connectivity index (χ3n) is 2.41. The molecule has 2 rings (SSSR count). The molecule has 0 aromatic heterocycles. The molecule has 0 amide bonds. The van der Waals surface area contributed by atoms with Crippen LogP contribution in [0.25, 0.3) is 0 Å². The van der Waals surface area contributed by atoms with Gasteiger partial charge in [-0.3, -0.25) is 11.3 Å². The van der Waals surface area contributed by atoms with E-state index in [1.807, 2.05) is 12.1 Å². The largest absolute Gasteiger partial charge is 0.508 e. The van der Waals surface area contributed by atoms with Crippen LogP contribution in [0.5, 0.6) is 5.75 Å². The van der Waals surface area contributed by atoms with Gasteiger partial charge in [0.05, 0.1) is 0 Å². The normalized spacial score (nSPS) is 20.9. The molecular formula is C9H12N2O. The highest BCUT2D eigenvalue weighted by Gasteiger charge is 2.20. The molecule has 12 heavy (non-hydrogen) atoms. The van der Waals surface area contributed by atoms with Crippen LogP contribution in [0.4, 0.5) is 0 Å². The van der Waals surface area contributed by atoms with Gasteiger partial charge in [-0.05, 0) is 36.1 Å². The molecule has 0 saturated heterocycles. The Hall–Kier alpha value is -1.06. The van der Waals surface area contributed by atoms with Crippen molar-refractivity contribution < 1.29 is 5.11 Å². The van der Waals surface area contributed by atoms with Crippen LogP contribution in [0.2, 0.25) is 0 Å². The average Bonchev–Trinajstić information content (AvgIpc) is 2.46. The van der Waals surface area contributed by atoms with E-state index in [2.05, 4.69) is 5.43 Å². The van der Waals surface area contributed by atoms with Gasteiger partial charge in [-0.1, -0.05) is 6.07 Å². The summed E-state index contributed by atoms with van der Waals surface area (Å²) in [6, 6.07) is 5.71. The molecule has 1 atom stereocenters. The molecule has 1 aromatic carbocycles. The number of nitrogens with one attached hydrogen (secondary N) is 1. The maximum atomic E-state index is 9.20. The average molecular weight is 164 g/mol. The summed E-state index contributed by atoms with van der Waals surface area (Å²) in [5, 5.41) is 9.20. The second-order valence-electron chi connectivity index (χ2n) is 3.14. The van der Waals surface area contributed by atoms with Gasteiger partial charge >= 0.3 is 0 Å². The highest BCUT2D eigenvalue weighted by Crippen LogP contribution is 2.32. The summed E-state index contributed by atoms with van der Waals surface area (Å²) in [7, 11) is 0. The summed E-state index contributed by atoms with van der Waals surface area (Å²) in [4.78, 5) is 0. The highest BCUT2D eigenvalue weighted by atomic mass is 16.3. The molecular weight excluding hydrogens is 152 g/mol. The van der Waals surface area contributed by atoms with Crippen LogP contribution in [0.1, 0.15) is 23.6 Å². The number of phenolic OH excluding ortho intramolecular Hbond substituents is 1. The van der Waals surface area contributed by atoms with Crippen molar-refractivity contribution in [3.63, 3.8) is 0 Å². The lowest BCUT2D eigenvalue weighted by Gasteiger charge is -2.08. The zero-order valence-corrected chi connectivity index (χ0v) is 6.75. The standard InChI is InChI=1S/C9H12N2O/c10-11-9-4-1-6-5-7(12)2-3-8(6)9/h2-3,5,9,11-12H,1,4,10H2/t9-/m0/s1. The summed E-state index contributed by atoms with van der Waals surface area (Å²) in [6.45, 7) is 0. The number of hydrogen-bond donors (Lipinski definition) is 3. The Balaban J connectivity index is 2.40. The van der Waals surface area contributed by atoms with Crippen molar-refractivity contribution in [2.45, 2.75) is 18.9 Å². The number of phenols is 1. The van der Waals surface area contributed by atoms with Crippen molar-refractivity contribution in [2.24, 2.45) is 5.84 Å². The smallest absolute Gasteiger partial charge is 0.115 e. The van der Waals surface area contributed by atoms with Crippen molar-refractivity contribution in [1.29, 1.82) is 0 Å². The van der Waals surface area contributed by atoms with Crippen LogP contribution in [-0.2, 0) is 6.42 Å². The van der Waals surface area contributed by atoms with Crippen LogP contribution in [0.15, 0.2) is 18.2 Å². The van der Waals surface area contributed by atoms with Gasteiger partial charge in [0.15, 0.2) is 0 Å².